The van der Waals surface area contributed by atoms with Gasteiger partial charge in [0, 0.05) is 24.4 Å². The molecule has 0 saturated carbocycles. The number of benzene rings is 1. The molecule has 1 N–H and O–H groups in total. The lowest BCUT2D eigenvalue weighted by Gasteiger charge is -2.15. The lowest BCUT2D eigenvalue weighted by atomic mass is 10.1. The van der Waals surface area contributed by atoms with Crippen LogP contribution in [0, 0.1) is 11.7 Å². The minimum absolute atomic E-state index is 0.0440. The molecule has 0 bridgehead atoms. The van der Waals surface area contributed by atoms with E-state index in [0.29, 0.717) is 18.8 Å². The molecule has 2 heterocycles. The predicted molar refractivity (Wildman–Crippen MR) is 74.6 cm³/mol. The van der Waals surface area contributed by atoms with Crippen molar-refractivity contribution in [1.82, 2.24) is 10.2 Å². The number of halogens is 1. The molecule has 5 heteroatoms. The van der Waals surface area contributed by atoms with Gasteiger partial charge in [-0.05, 0) is 17.7 Å². The van der Waals surface area contributed by atoms with Crippen molar-refractivity contribution < 1.29 is 9.18 Å². The molecule has 0 radical (unpaired) electrons. The first-order valence-electron chi connectivity index (χ1n) is 6.41. The zero-order valence-electron chi connectivity index (χ0n) is 10.8. The van der Waals surface area contributed by atoms with Gasteiger partial charge in [-0.25, -0.2) is 4.39 Å². The van der Waals surface area contributed by atoms with Crippen molar-refractivity contribution >= 4 is 11.7 Å². The van der Waals surface area contributed by atoms with Crippen LogP contribution in [-0.4, -0.2) is 22.6 Å². The highest BCUT2D eigenvalue weighted by Gasteiger charge is 2.31. The van der Waals surface area contributed by atoms with E-state index in [1.165, 1.54) is 12.1 Å². The number of amides is 1. The normalized spacial score (nSPS) is 18.6. The Hall–Kier alpha value is -2.43. The quantitative estimate of drug-likeness (QED) is 0.873. The van der Waals surface area contributed by atoms with E-state index in [2.05, 4.69) is 16.8 Å². The van der Waals surface area contributed by atoms with Crippen LogP contribution in [0.5, 0.6) is 0 Å². The fourth-order valence-electron chi connectivity index (χ4n) is 2.44. The first-order chi connectivity index (χ1) is 9.69. The molecular weight excluding hydrogens is 257 g/mol. The van der Waals surface area contributed by atoms with E-state index in [0.717, 1.165) is 11.1 Å². The van der Waals surface area contributed by atoms with E-state index in [1.54, 1.807) is 29.3 Å². The summed E-state index contributed by atoms with van der Waals surface area (Å²) in [6, 6.07) is 6.14. The Morgan fingerprint density at radius 3 is 2.80 bits per heavy atom. The van der Waals surface area contributed by atoms with Crippen molar-refractivity contribution in [3.8, 4) is 11.1 Å². The van der Waals surface area contributed by atoms with Gasteiger partial charge in [0.25, 0.3) is 0 Å². The van der Waals surface area contributed by atoms with E-state index in [1.807, 2.05) is 0 Å². The molecule has 1 aliphatic rings. The molecule has 1 aliphatic heterocycles. The number of hydrogen-bond donors (Lipinski definition) is 1. The molecule has 20 heavy (non-hydrogen) atoms. The number of nitrogens with one attached hydrogen (secondary N) is 1. The van der Waals surface area contributed by atoms with Crippen molar-refractivity contribution in [3.05, 3.63) is 48.9 Å². The average molecular weight is 271 g/mol. The first-order valence-corrected chi connectivity index (χ1v) is 6.41. The molecule has 1 fully saturated rings. The fraction of sp³-hybridized carbons (Fsp3) is 0.200. The van der Waals surface area contributed by atoms with Gasteiger partial charge >= 0.3 is 0 Å². The minimum atomic E-state index is -0.289. The molecule has 3 rings (SSSR count). The number of nitrogens with zero attached hydrogens (tertiary/aromatic N) is 2. The third-order valence-corrected chi connectivity index (χ3v) is 3.53. The van der Waals surface area contributed by atoms with Gasteiger partial charge in [0.1, 0.15) is 11.6 Å². The van der Waals surface area contributed by atoms with Gasteiger partial charge in [-0.1, -0.05) is 18.2 Å². The zero-order chi connectivity index (χ0) is 14.1. The largest absolute Gasteiger partial charge is 0.296 e. The van der Waals surface area contributed by atoms with Crippen LogP contribution in [0.3, 0.4) is 0 Å². The molecule has 2 aromatic rings. The summed E-state index contributed by atoms with van der Waals surface area (Å²) in [4.78, 5) is 13.7. The number of hydrogen-bond acceptors (Lipinski definition) is 2. The molecule has 4 nitrogen and oxygen atoms in total. The lowest BCUT2D eigenvalue weighted by Crippen LogP contribution is -2.25. The smallest absolute Gasteiger partial charge is 0.228 e. The van der Waals surface area contributed by atoms with Crippen LogP contribution in [0.4, 0.5) is 10.2 Å². The topological polar surface area (TPSA) is 49.0 Å². The maximum Gasteiger partial charge on any atom is 0.228 e. The van der Waals surface area contributed by atoms with Gasteiger partial charge in [-0.15, -0.1) is 6.58 Å². The molecule has 1 aromatic heterocycles. The summed E-state index contributed by atoms with van der Waals surface area (Å²) in [5.74, 6) is 0.572. The summed E-state index contributed by atoms with van der Waals surface area (Å²) >= 11 is 0. The van der Waals surface area contributed by atoms with Gasteiger partial charge in [0.05, 0.1) is 6.20 Å². The van der Waals surface area contributed by atoms with E-state index in [4.69, 9.17) is 0 Å². The standard InChI is InChI=1S/C15H14FN3O/c1-2-10-7-14(20)19(9-10)15-13(8-17-18-15)11-3-5-12(16)6-4-11/h2-6,8,10H,1,7,9H2,(H,17,18). The highest BCUT2D eigenvalue weighted by Crippen LogP contribution is 2.32. The highest BCUT2D eigenvalue weighted by molar-refractivity contribution is 5.98. The molecule has 0 spiro atoms. The predicted octanol–water partition coefficient (Wildman–Crippen LogP) is 2.75. The molecule has 102 valence electrons. The SMILES string of the molecule is C=CC1CC(=O)N(c2[nH]ncc2-c2ccc(F)cc2)C1. The van der Waals surface area contributed by atoms with Crippen LogP contribution in [0.1, 0.15) is 6.42 Å². The number of aromatic amines is 1. The van der Waals surface area contributed by atoms with E-state index >= 15 is 0 Å². The summed E-state index contributed by atoms with van der Waals surface area (Å²) in [5, 5.41) is 6.88. The molecule has 1 amide bonds. The number of H-pyrrole nitrogens is 1. The highest BCUT2D eigenvalue weighted by atomic mass is 19.1. The number of rotatable bonds is 3. The second-order valence-corrected chi connectivity index (χ2v) is 4.84. The Kier molecular flexibility index (Phi) is 3.10. The maximum atomic E-state index is 13.0. The Labute approximate surface area is 115 Å². The number of anilines is 1. The van der Waals surface area contributed by atoms with Crippen molar-refractivity contribution in [2.75, 3.05) is 11.4 Å². The Morgan fingerprint density at radius 1 is 1.40 bits per heavy atom. The number of carbonyl (C=O) groups is 1. The maximum absolute atomic E-state index is 13.0. The molecule has 1 unspecified atom stereocenters. The molecule has 0 aliphatic carbocycles. The third-order valence-electron chi connectivity index (χ3n) is 3.53. The van der Waals surface area contributed by atoms with Crippen LogP contribution in [0.25, 0.3) is 11.1 Å². The van der Waals surface area contributed by atoms with Gasteiger partial charge in [0.2, 0.25) is 5.91 Å². The molecule has 1 saturated heterocycles. The van der Waals surface area contributed by atoms with Gasteiger partial charge < -0.3 is 0 Å². The van der Waals surface area contributed by atoms with Gasteiger partial charge in [-0.2, -0.15) is 5.10 Å². The summed E-state index contributed by atoms with van der Waals surface area (Å²) in [6.45, 7) is 4.33. The van der Waals surface area contributed by atoms with Gasteiger partial charge in [0.15, 0.2) is 0 Å². The minimum Gasteiger partial charge on any atom is -0.296 e. The lowest BCUT2D eigenvalue weighted by molar-refractivity contribution is -0.117. The van der Waals surface area contributed by atoms with Crippen LogP contribution in [0.15, 0.2) is 43.1 Å². The second kappa shape index (κ2) is 4.92. The molecule has 1 atom stereocenters. The summed E-state index contributed by atoms with van der Waals surface area (Å²) < 4.78 is 13.0. The summed E-state index contributed by atoms with van der Waals surface area (Å²) in [6.07, 6.45) is 3.91. The Balaban J connectivity index is 1.96. The summed E-state index contributed by atoms with van der Waals surface area (Å²) in [7, 11) is 0. The van der Waals surface area contributed by atoms with Crippen LogP contribution < -0.4 is 4.90 Å². The van der Waals surface area contributed by atoms with Crippen LogP contribution >= 0.6 is 0 Å². The van der Waals surface area contributed by atoms with Gasteiger partial charge in [-0.3, -0.25) is 14.8 Å². The first kappa shape index (κ1) is 12.6. The van der Waals surface area contributed by atoms with E-state index in [-0.39, 0.29) is 17.6 Å². The van der Waals surface area contributed by atoms with Crippen molar-refractivity contribution in [1.29, 1.82) is 0 Å². The number of carbonyl (C=O) groups excluding carboxylic acids is 1. The summed E-state index contributed by atoms with van der Waals surface area (Å²) in [5.41, 5.74) is 1.62. The second-order valence-electron chi connectivity index (χ2n) is 4.84. The van der Waals surface area contributed by atoms with E-state index < -0.39 is 0 Å². The third kappa shape index (κ3) is 2.11. The van der Waals surface area contributed by atoms with E-state index in [9.17, 15) is 9.18 Å². The van der Waals surface area contributed by atoms with Crippen LogP contribution in [-0.2, 0) is 4.79 Å². The van der Waals surface area contributed by atoms with Crippen molar-refractivity contribution in [2.45, 2.75) is 6.42 Å². The Morgan fingerprint density at radius 2 is 2.15 bits per heavy atom. The molecular formula is C15H14FN3O. The fourth-order valence-corrected chi connectivity index (χ4v) is 2.44. The van der Waals surface area contributed by atoms with Crippen LogP contribution in [0.2, 0.25) is 0 Å². The average Bonchev–Trinajstić information content (AvgIpc) is 3.05. The van der Waals surface area contributed by atoms with Crippen molar-refractivity contribution in [3.63, 3.8) is 0 Å². The number of aromatic nitrogens is 2. The van der Waals surface area contributed by atoms with Crippen molar-refractivity contribution in [2.24, 2.45) is 5.92 Å². The Bertz CT molecular complexity index is 647. The monoisotopic (exact) mass is 271 g/mol. The zero-order valence-corrected chi connectivity index (χ0v) is 10.8. The molecule has 1 aromatic carbocycles.